The first-order valence-electron chi connectivity index (χ1n) is 8.06. The molecule has 0 aliphatic heterocycles. The molecule has 0 atom stereocenters. The molecule has 2 N–H and O–H groups in total. The molecule has 0 unspecified atom stereocenters. The monoisotopic (exact) mass is 384 g/mol. The first kappa shape index (κ1) is 21.3. The minimum Gasteiger partial charge on any atom is -0.504 e. The van der Waals surface area contributed by atoms with Crippen molar-refractivity contribution in [2.75, 3.05) is 33.3 Å². The summed E-state index contributed by atoms with van der Waals surface area (Å²) in [5.41, 5.74) is 0.914. The SMILES string of the molecule is CCN(CC)CCNC(=O)c1ccc(-c2ccc(O)c(OC)c2)s1.Cl. The summed E-state index contributed by atoms with van der Waals surface area (Å²) in [7, 11) is 1.52. The smallest absolute Gasteiger partial charge is 0.261 e. The molecular formula is C18H25ClN2O3S. The lowest BCUT2D eigenvalue weighted by Gasteiger charge is -2.17. The second-order valence-electron chi connectivity index (χ2n) is 5.33. The van der Waals surface area contributed by atoms with E-state index in [1.54, 1.807) is 12.1 Å². The van der Waals surface area contributed by atoms with Crippen LogP contribution >= 0.6 is 23.7 Å². The number of likely N-dealkylation sites (N-methyl/N-ethyl adjacent to an activating group) is 1. The Bertz CT molecular complexity index is 687. The Morgan fingerprint density at radius 3 is 2.60 bits per heavy atom. The van der Waals surface area contributed by atoms with Gasteiger partial charge in [-0.3, -0.25) is 4.79 Å². The summed E-state index contributed by atoms with van der Waals surface area (Å²) in [6.45, 7) is 7.69. The fourth-order valence-electron chi connectivity index (χ4n) is 2.40. The number of rotatable bonds is 8. The third kappa shape index (κ3) is 5.63. The molecule has 0 fully saturated rings. The van der Waals surface area contributed by atoms with Crippen LogP contribution in [-0.4, -0.2) is 49.2 Å². The molecule has 1 heterocycles. The van der Waals surface area contributed by atoms with E-state index in [9.17, 15) is 9.90 Å². The molecule has 0 aliphatic carbocycles. The van der Waals surface area contributed by atoms with E-state index in [1.807, 2.05) is 18.2 Å². The van der Waals surface area contributed by atoms with Gasteiger partial charge in [0.15, 0.2) is 11.5 Å². The summed E-state index contributed by atoms with van der Waals surface area (Å²) in [4.78, 5) is 16.1. The van der Waals surface area contributed by atoms with E-state index in [0.29, 0.717) is 17.2 Å². The second kappa shape index (κ2) is 10.3. The standard InChI is InChI=1S/C18H24N2O3S.ClH/c1-4-20(5-2)11-10-19-18(22)17-9-8-16(24-17)13-6-7-14(21)15(12-13)23-3;/h6-9,12,21H,4-5,10-11H2,1-3H3,(H,19,22);1H. The lowest BCUT2D eigenvalue weighted by molar-refractivity contribution is 0.0953. The van der Waals surface area contributed by atoms with Crippen LogP contribution in [0.3, 0.4) is 0 Å². The molecular weight excluding hydrogens is 360 g/mol. The summed E-state index contributed by atoms with van der Waals surface area (Å²) in [5.74, 6) is 0.474. The lowest BCUT2D eigenvalue weighted by Crippen LogP contribution is -2.34. The lowest BCUT2D eigenvalue weighted by atomic mass is 10.1. The van der Waals surface area contributed by atoms with Crippen LogP contribution in [0.15, 0.2) is 30.3 Å². The van der Waals surface area contributed by atoms with Crippen LogP contribution in [0.4, 0.5) is 0 Å². The molecule has 0 saturated heterocycles. The van der Waals surface area contributed by atoms with Crippen molar-refractivity contribution in [2.45, 2.75) is 13.8 Å². The fourth-order valence-corrected chi connectivity index (χ4v) is 3.32. The maximum Gasteiger partial charge on any atom is 0.261 e. The van der Waals surface area contributed by atoms with E-state index in [4.69, 9.17) is 4.74 Å². The number of carbonyl (C=O) groups is 1. The third-order valence-electron chi connectivity index (χ3n) is 3.90. The van der Waals surface area contributed by atoms with E-state index in [2.05, 4.69) is 24.1 Å². The predicted molar refractivity (Wildman–Crippen MR) is 105 cm³/mol. The molecule has 2 rings (SSSR count). The number of hydrogen-bond acceptors (Lipinski definition) is 5. The molecule has 0 aliphatic rings. The number of phenols is 1. The average molecular weight is 385 g/mol. The number of amides is 1. The molecule has 1 aromatic heterocycles. The number of aromatic hydroxyl groups is 1. The molecule has 1 aromatic carbocycles. The highest BCUT2D eigenvalue weighted by Crippen LogP contribution is 2.34. The van der Waals surface area contributed by atoms with Crippen molar-refractivity contribution in [3.8, 4) is 21.9 Å². The third-order valence-corrected chi connectivity index (χ3v) is 5.04. The number of nitrogens with one attached hydrogen (secondary N) is 1. The Kier molecular flexibility index (Phi) is 8.75. The molecule has 2 aromatic rings. The van der Waals surface area contributed by atoms with Crippen LogP contribution in [-0.2, 0) is 0 Å². The number of phenolic OH excluding ortho intramolecular Hbond substituents is 1. The van der Waals surface area contributed by atoms with Gasteiger partial charge in [0.1, 0.15) is 0 Å². The minimum absolute atomic E-state index is 0. The highest BCUT2D eigenvalue weighted by Gasteiger charge is 2.12. The quantitative estimate of drug-likeness (QED) is 0.729. The van der Waals surface area contributed by atoms with Gasteiger partial charge in [0.2, 0.25) is 0 Å². The van der Waals surface area contributed by atoms with Gasteiger partial charge >= 0.3 is 0 Å². The molecule has 0 radical (unpaired) electrons. The first-order valence-corrected chi connectivity index (χ1v) is 8.88. The number of hydrogen-bond donors (Lipinski definition) is 2. The normalized spacial score (nSPS) is 10.4. The number of ether oxygens (including phenoxy) is 1. The Hall–Kier alpha value is -1.76. The number of thiophene rings is 1. The van der Waals surface area contributed by atoms with Gasteiger partial charge in [0, 0.05) is 18.0 Å². The average Bonchev–Trinajstić information content (AvgIpc) is 3.09. The summed E-state index contributed by atoms with van der Waals surface area (Å²) in [5, 5.41) is 12.6. The highest BCUT2D eigenvalue weighted by atomic mass is 35.5. The maximum atomic E-state index is 12.2. The zero-order chi connectivity index (χ0) is 17.5. The summed E-state index contributed by atoms with van der Waals surface area (Å²) in [6.07, 6.45) is 0. The largest absolute Gasteiger partial charge is 0.504 e. The topological polar surface area (TPSA) is 61.8 Å². The van der Waals surface area contributed by atoms with Crippen molar-refractivity contribution in [3.63, 3.8) is 0 Å². The van der Waals surface area contributed by atoms with Crippen LogP contribution in [0, 0.1) is 0 Å². The molecule has 1 amide bonds. The van der Waals surface area contributed by atoms with Crippen LogP contribution in [0.1, 0.15) is 23.5 Å². The molecule has 138 valence electrons. The van der Waals surface area contributed by atoms with Crippen molar-refractivity contribution in [2.24, 2.45) is 0 Å². The number of carbonyl (C=O) groups excluding carboxylic acids is 1. The Morgan fingerprint density at radius 1 is 1.24 bits per heavy atom. The fraction of sp³-hybridized carbons (Fsp3) is 0.389. The van der Waals surface area contributed by atoms with Crippen molar-refractivity contribution >= 4 is 29.7 Å². The van der Waals surface area contributed by atoms with Crippen molar-refractivity contribution in [1.82, 2.24) is 10.2 Å². The summed E-state index contributed by atoms with van der Waals surface area (Å²) in [6, 6.07) is 8.91. The number of nitrogens with zero attached hydrogens (tertiary/aromatic N) is 1. The minimum atomic E-state index is -0.0517. The van der Waals surface area contributed by atoms with Crippen LogP contribution in [0.2, 0.25) is 0 Å². The van der Waals surface area contributed by atoms with Crippen molar-refractivity contribution < 1.29 is 14.6 Å². The van der Waals surface area contributed by atoms with Gasteiger partial charge in [-0.05, 0) is 49.0 Å². The highest BCUT2D eigenvalue weighted by molar-refractivity contribution is 7.17. The van der Waals surface area contributed by atoms with Gasteiger partial charge in [-0.25, -0.2) is 0 Å². The Morgan fingerprint density at radius 2 is 1.96 bits per heavy atom. The number of methoxy groups -OCH3 is 1. The predicted octanol–water partition coefficient (Wildman–Crippen LogP) is 3.62. The summed E-state index contributed by atoms with van der Waals surface area (Å²) < 4.78 is 5.13. The molecule has 5 nitrogen and oxygen atoms in total. The van der Waals surface area contributed by atoms with Crippen LogP contribution in [0.5, 0.6) is 11.5 Å². The van der Waals surface area contributed by atoms with Crippen LogP contribution < -0.4 is 10.1 Å². The molecule has 25 heavy (non-hydrogen) atoms. The number of benzene rings is 1. The molecule has 7 heteroatoms. The van der Waals surface area contributed by atoms with E-state index < -0.39 is 0 Å². The van der Waals surface area contributed by atoms with Gasteiger partial charge < -0.3 is 20.1 Å². The van der Waals surface area contributed by atoms with E-state index >= 15 is 0 Å². The van der Waals surface area contributed by atoms with Gasteiger partial charge in [-0.1, -0.05) is 13.8 Å². The summed E-state index contributed by atoms with van der Waals surface area (Å²) >= 11 is 1.43. The van der Waals surface area contributed by atoms with E-state index in [-0.39, 0.29) is 24.1 Å². The number of halogens is 1. The van der Waals surface area contributed by atoms with Crippen molar-refractivity contribution in [3.05, 3.63) is 35.2 Å². The van der Waals surface area contributed by atoms with Gasteiger partial charge in [0.05, 0.1) is 12.0 Å². The zero-order valence-electron chi connectivity index (χ0n) is 14.7. The second-order valence-corrected chi connectivity index (χ2v) is 6.42. The van der Waals surface area contributed by atoms with Crippen LogP contribution in [0.25, 0.3) is 10.4 Å². The van der Waals surface area contributed by atoms with Gasteiger partial charge in [-0.2, -0.15) is 0 Å². The Labute approximate surface area is 159 Å². The Balaban J connectivity index is 0.00000312. The van der Waals surface area contributed by atoms with Gasteiger partial charge in [0.25, 0.3) is 5.91 Å². The molecule has 0 bridgehead atoms. The zero-order valence-corrected chi connectivity index (χ0v) is 16.4. The van der Waals surface area contributed by atoms with E-state index in [0.717, 1.165) is 30.1 Å². The maximum absolute atomic E-state index is 12.2. The van der Waals surface area contributed by atoms with E-state index in [1.165, 1.54) is 18.4 Å². The molecule has 0 saturated carbocycles. The molecule has 0 spiro atoms. The first-order chi connectivity index (χ1) is 11.6. The van der Waals surface area contributed by atoms with Gasteiger partial charge in [-0.15, -0.1) is 23.7 Å². The van der Waals surface area contributed by atoms with Crippen molar-refractivity contribution in [1.29, 1.82) is 0 Å².